The summed E-state index contributed by atoms with van der Waals surface area (Å²) < 4.78 is 6.44. The van der Waals surface area contributed by atoms with Crippen LogP contribution < -0.4 is 11.1 Å². The molecule has 0 saturated heterocycles. The van der Waals surface area contributed by atoms with E-state index in [0.717, 1.165) is 4.88 Å². The van der Waals surface area contributed by atoms with Crippen molar-refractivity contribution in [2.45, 2.75) is 32.9 Å². The minimum Gasteiger partial charge on any atom is -0.407 e. The van der Waals surface area contributed by atoms with Crippen molar-refractivity contribution in [1.82, 2.24) is 9.88 Å². The summed E-state index contributed by atoms with van der Waals surface area (Å²) in [4.78, 5) is 36.4. The van der Waals surface area contributed by atoms with Crippen molar-refractivity contribution in [2.24, 2.45) is 0 Å². The van der Waals surface area contributed by atoms with Gasteiger partial charge < -0.3 is 9.73 Å². The summed E-state index contributed by atoms with van der Waals surface area (Å²) in [5, 5.41) is 13.6. The van der Waals surface area contributed by atoms with Gasteiger partial charge in [0, 0.05) is 28.8 Å². The number of nitrogens with zero attached hydrogens (tertiary/aromatic N) is 2. The number of nitro benzene ring substituents is 1. The molecule has 26 heavy (non-hydrogen) atoms. The lowest BCUT2D eigenvalue weighted by atomic mass is 10.2. The van der Waals surface area contributed by atoms with Crippen LogP contribution in [-0.4, -0.2) is 15.4 Å². The number of thiophene rings is 1. The molecule has 0 bridgehead atoms. The van der Waals surface area contributed by atoms with E-state index in [2.05, 4.69) is 5.32 Å². The van der Waals surface area contributed by atoms with Crippen LogP contribution in [0.4, 0.5) is 5.69 Å². The molecule has 3 rings (SSSR count). The highest BCUT2D eigenvalue weighted by atomic mass is 32.1. The van der Waals surface area contributed by atoms with E-state index >= 15 is 0 Å². The Hall–Kier alpha value is -2.94. The normalized spacial score (nSPS) is 11.0. The standard InChI is InChI=1S/C17H17N3O5S/c1-11-4-6-13(26-11)10-18-16(21)3-2-8-19-14-7-5-12(20(23)24)9-15(14)25-17(19)22/h4-7,9H,2-3,8,10H2,1H3,(H,18,21). The molecule has 0 aliphatic heterocycles. The first-order valence-corrected chi connectivity index (χ1v) is 8.85. The topological polar surface area (TPSA) is 107 Å². The van der Waals surface area contributed by atoms with Gasteiger partial charge in [0.05, 0.1) is 23.1 Å². The number of benzene rings is 1. The van der Waals surface area contributed by atoms with E-state index in [1.807, 2.05) is 19.1 Å². The van der Waals surface area contributed by atoms with Gasteiger partial charge in [-0.1, -0.05) is 0 Å². The Kier molecular flexibility index (Phi) is 5.17. The SMILES string of the molecule is Cc1ccc(CNC(=O)CCCn2c(=O)oc3cc([N+](=O)[O-])ccc32)s1. The molecule has 2 aromatic heterocycles. The number of carbonyl (C=O) groups excluding carboxylic acids is 1. The summed E-state index contributed by atoms with van der Waals surface area (Å²) in [5.41, 5.74) is 0.512. The zero-order chi connectivity index (χ0) is 18.7. The first-order valence-electron chi connectivity index (χ1n) is 8.04. The van der Waals surface area contributed by atoms with Crippen molar-refractivity contribution in [2.75, 3.05) is 0 Å². The highest BCUT2D eigenvalue weighted by Gasteiger charge is 2.14. The summed E-state index contributed by atoms with van der Waals surface area (Å²) in [5.74, 6) is -0.678. The highest BCUT2D eigenvalue weighted by Crippen LogP contribution is 2.20. The Bertz CT molecular complexity index is 1020. The quantitative estimate of drug-likeness (QED) is 0.504. The molecule has 1 amide bonds. The van der Waals surface area contributed by atoms with Gasteiger partial charge in [0.2, 0.25) is 5.91 Å². The lowest BCUT2D eigenvalue weighted by molar-refractivity contribution is -0.384. The van der Waals surface area contributed by atoms with Crippen molar-refractivity contribution in [3.8, 4) is 0 Å². The van der Waals surface area contributed by atoms with Crippen molar-refractivity contribution in [3.05, 3.63) is 60.8 Å². The Labute approximate surface area is 152 Å². The van der Waals surface area contributed by atoms with Crippen LogP contribution in [0.3, 0.4) is 0 Å². The average Bonchev–Trinajstić information content (AvgIpc) is 3.15. The van der Waals surface area contributed by atoms with Crippen LogP contribution in [0.25, 0.3) is 11.1 Å². The molecule has 0 aliphatic rings. The van der Waals surface area contributed by atoms with E-state index in [1.54, 1.807) is 11.3 Å². The second-order valence-electron chi connectivity index (χ2n) is 5.82. The second kappa shape index (κ2) is 7.52. The van der Waals surface area contributed by atoms with Crippen LogP contribution in [0.2, 0.25) is 0 Å². The van der Waals surface area contributed by atoms with Gasteiger partial charge in [-0.25, -0.2) is 4.79 Å². The minimum atomic E-state index is -0.588. The molecule has 3 aromatic rings. The molecule has 1 N–H and O–H groups in total. The number of rotatable bonds is 7. The van der Waals surface area contributed by atoms with Crippen LogP contribution >= 0.6 is 11.3 Å². The van der Waals surface area contributed by atoms with Crippen LogP contribution in [0.5, 0.6) is 0 Å². The number of aromatic nitrogens is 1. The molecule has 0 atom stereocenters. The Balaban J connectivity index is 1.57. The number of nitrogens with one attached hydrogen (secondary N) is 1. The highest BCUT2D eigenvalue weighted by molar-refractivity contribution is 7.11. The summed E-state index contributed by atoms with van der Waals surface area (Å²) in [6.07, 6.45) is 0.733. The third kappa shape index (κ3) is 3.99. The van der Waals surface area contributed by atoms with Crippen LogP contribution in [0.1, 0.15) is 22.6 Å². The summed E-state index contributed by atoms with van der Waals surface area (Å²) in [6.45, 7) is 2.81. The predicted octanol–water partition coefficient (Wildman–Crippen LogP) is 2.97. The molecule has 0 saturated carbocycles. The van der Waals surface area contributed by atoms with E-state index in [9.17, 15) is 19.7 Å². The van der Waals surface area contributed by atoms with Crippen molar-refractivity contribution in [1.29, 1.82) is 0 Å². The number of oxazole rings is 1. The molecular weight excluding hydrogens is 358 g/mol. The molecule has 1 aromatic carbocycles. The Morgan fingerprint density at radius 2 is 2.15 bits per heavy atom. The Morgan fingerprint density at radius 3 is 2.85 bits per heavy atom. The number of hydrogen-bond acceptors (Lipinski definition) is 6. The molecule has 136 valence electrons. The van der Waals surface area contributed by atoms with Crippen molar-refractivity contribution >= 4 is 34.0 Å². The molecule has 8 nitrogen and oxygen atoms in total. The van der Waals surface area contributed by atoms with Gasteiger partial charge in [0.15, 0.2) is 5.58 Å². The summed E-state index contributed by atoms with van der Waals surface area (Å²) in [7, 11) is 0. The van der Waals surface area contributed by atoms with E-state index in [1.165, 1.54) is 27.6 Å². The fourth-order valence-electron chi connectivity index (χ4n) is 2.63. The first-order chi connectivity index (χ1) is 12.4. The van der Waals surface area contributed by atoms with E-state index in [-0.39, 0.29) is 23.6 Å². The van der Waals surface area contributed by atoms with E-state index in [4.69, 9.17) is 4.42 Å². The molecule has 0 radical (unpaired) electrons. The van der Waals surface area contributed by atoms with Crippen LogP contribution in [-0.2, 0) is 17.9 Å². The zero-order valence-electron chi connectivity index (χ0n) is 14.1. The van der Waals surface area contributed by atoms with Gasteiger partial charge in [0.1, 0.15) is 0 Å². The number of non-ortho nitro benzene ring substituents is 1. The maximum atomic E-state index is 11.9. The van der Waals surface area contributed by atoms with Crippen molar-refractivity contribution < 1.29 is 14.1 Å². The number of carbonyl (C=O) groups is 1. The fraction of sp³-hybridized carbons (Fsp3) is 0.294. The predicted molar refractivity (Wildman–Crippen MR) is 97.3 cm³/mol. The van der Waals surface area contributed by atoms with Gasteiger partial charge in [-0.05, 0) is 31.5 Å². The second-order valence-corrected chi connectivity index (χ2v) is 7.19. The van der Waals surface area contributed by atoms with Crippen LogP contribution in [0, 0.1) is 17.0 Å². The molecular formula is C17H17N3O5S. The molecule has 0 spiro atoms. The number of hydrogen-bond donors (Lipinski definition) is 1. The summed E-state index contributed by atoms with van der Waals surface area (Å²) in [6, 6.07) is 8.02. The molecule has 9 heteroatoms. The van der Waals surface area contributed by atoms with E-state index < -0.39 is 10.7 Å². The van der Waals surface area contributed by atoms with E-state index in [0.29, 0.717) is 25.0 Å². The van der Waals surface area contributed by atoms with Crippen molar-refractivity contribution in [3.63, 3.8) is 0 Å². The third-order valence-corrected chi connectivity index (χ3v) is 4.90. The smallest absolute Gasteiger partial charge is 0.407 e. The van der Waals surface area contributed by atoms with Gasteiger partial charge in [-0.15, -0.1) is 11.3 Å². The fourth-order valence-corrected chi connectivity index (χ4v) is 3.46. The monoisotopic (exact) mass is 375 g/mol. The zero-order valence-corrected chi connectivity index (χ0v) is 14.9. The maximum Gasteiger partial charge on any atom is 0.419 e. The summed E-state index contributed by atoms with van der Waals surface area (Å²) >= 11 is 1.64. The number of amides is 1. The lowest BCUT2D eigenvalue weighted by Crippen LogP contribution is -2.23. The average molecular weight is 375 g/mol. The van der Waals surface area contributed by atoms with Gasteiger partial charge in [-0.2, -0.15) is 0 Å². The number of aryl methyl sites for hydroxylation is 2. The largest absolute Gasteiger partial charge is 0.419 e. The first kappa shape index (κ1) is 17.9. The van der Waals surface area contributed by atoms with Gasteiger partial charge >= 0.3 is 5.76 Å². The molecule has 0 aliphatic carbocycles. The number of fused-ring (bicyclic) bond motifs is 1. The van der Waals surface area contributed by atoms with Gasteiger partial charge in [-0.3, -0.25) is 19.5 Å². The number of nitro groups is 1. The molecule has 0 unspecified atom stereocenters. The lowest BCUT2D eigenvalue weighted by Gasteiger charge is -2.04. The molecule has 0 fully saturated rings. The minimum absolute atomic E-state index is 0.0902. The molecule has 2 heterocycles. The maximum absolute atomic E-state index is 11.9. The van der Waals surface area contributed by atoms with Crippen LogP contribution in [0.15, 0.2) is 39.5 Å². The Morgan fingerprint density at radius 1 is 1.35 bits per heavy atom. The third-order valence-electron chi connectivity index (χ3n) is 3.90. The van der Waals surface area contributed by atoms with Gasteiger partial charge in [0.25, 0.3) is 5.69 Å².